The van der Waals surface area contributed by atoms with Gasteiger partial charge in [0.25, 0.3) is 5.91 Å². The van der Waals surface area contributed by atoms with Crippen LogP contribution in [0.3, 0.4) is 0 Å². The molecule has 1 aliphatic carbocycles. The summed E-state index contributed by atoms with van der Waals surface area (Å²) >= 11 is 0. The van der Waals surface area contributed by atoms with Gasteiger partial charge in [-0.15, -0.1) is 12.4 Å². The third-order valence-corrected chi connectivity index (χ3v) is 5.88. The van der Waals surface area contributed by atoms with Crippen LogP contribution in [0, 0.1) is 12.8 Å². The van der Waals surface area contributed by atoms with E-state index in [-0.39, 0.29) is 29.3 Å². The van der Waals surface area contributed by atoms with Gasteiger partial charge in [0, 0.05) is 24.4 Å². The van der Waals surface area contributed by atoms with Gasteiger partial charge in [-0.2, -0.15) is 0 Å². The highest BCUT2D eigenvalue weighted by Crippen LogP contribution is 2.26. The van der Waals surface area contributed by atoms with Crippen LogP contribution in [0.1, 0.15) is 48.0 Å². The molecule has 3 N–H and O–H groups in total. The molecular formula is C17H27ClN2O3S. The lowest BCUT2D eigenvalue weighted by molar-refractivity contribution is 0.0915. The van der Waals surface area contributed by atoms with E-state index in [0.29, 0.717) is 23.6 Å². The van der Waals surface area contributed by atoms with E-state index < -0.39 is 9.84 Å². The summed E-state index contributed by atoms with van der Waals surface area (Å²) in [5.41, 5.74) is 6.85. The zero-order valence-corrected chi connectivity index (χ0v) is 15.9. The van der Waals surface area contributed by atoms with Crippen LogP contribution in [-0.2, 0) is 9.84 Å². The van der Waals surface area contributed by atoms with Gasteiger partial charge in [-0.25, -0.2) is 8.42 Å². The van der Waals surface area contributed by atoms with Crippen LogP contribution in [0.15, 0.2) is 23.1 Å². The van der Waals surface area contributed by atoms with Crippen molar-refractivity contribution < 1.29 is 13.2 Å². The first-order valence-electron chi connectivity index (χ1n) is 8.14. The molecule has 136 valence electrons. The number of halogens is 1. The van der Waals surface area contributed by atoms with E-state index in [0.717, 1.165) is 19.1 Å². The monoisotopic (exact) mass is 374 g/mol. The number of hydrogen-bond donors (Lipinski definition) is 2. The van der Waals surface area contributed by atoms with Crippen molar-refractivity contribution in [2.45, 2.75) is 50.0 Å². The number of hydrogen-bond acceptors (Lipinski definition) is 4. The standard InChI is InChI=1S/C17H26N2O3S.ClH/c1-12-8-9-14(10-16(12)23(2,21)22)17(20)19-15(11-18)13-6-4-3-5-7-13;/h8-10,13,15H,3-7,11,18H2,1-2H3,(H,19,20);1H. The minimum atomic E-state index is -3.35. The second-order valence-corrected chi connectivity index (χ2v) is 8.45. The summed E-state index contributed by atoms with van der Waals surface area (Å²) in [5, 5.41) is 2.99. The third kappa shape index (κ3) is 5.19. The maximum absolute atomic E-state index is 12.5. The highest BCUT2D eigenvalue weighted by Gasteiger charge is 2.25. The maximum Gasteiger partial charge on any atom is 0.251 e. The average molecular weight is 375 g/mol. The molecular weight excluding hydrogens is 348 g/mol. The molecule has 2 rings (SSSR count). The summed E-state index contributed by atoms with van der Waals surface area (Å²) in [5.74, 6) is 0.161. The van der Waals surface area contributed by atoms with Gasteiger partial charge in [0.15, 0.2) is 9.84 Å². The number of nitrogens with one attached hydrogen (secondary N) is 1. The molecule has 0 bridgehead atoms. The second kappa shape index (κ2) is 8.83. The van der Waals surface area contributed by atoms with Crippen molar-refractivity contribution in [3.05, 3.63) is 29.3 Å². The van der Waals surface area contributed by atoms with E-state index >= 15 is 0 Å². The Balaban J connectivity index is 0.00000288. The molecule has 1 atom stereocenters. The number of aryl methyl sites for hydroxylation is 1. The molecule has 1 aromatic carbocycles. The Labute approximate surface area is 150 Å². The average Bonchev–Trinajstić information content (AvgIpc) is 2.52. The van der Waals surface area contributed by atoms with Gasteiger partial charge >= 0.3 is 0 Å². The molecule has 0 aromatic heterocycles. The molecule has 1 fully saturated rings. The molecule has 0 radical (unpaired) electrons. The van der Waals surface area contributed by atoms with Crippen LogP contribution < -0.4 is 11.1 Å². The van der Waals surface area contributed by atoms with Gasteiger partial charge in [-0.1, -0.05) is 25.3 Å². The van der Waals surface area contributed by atoms with E-state index in [2.05, 4.69) is 5.32 Å². The van der Waals surface area contributed by atoms with E-state index in [9.17, 15) is 13.2 Å². The molecule has 1 aliphatic rings. The fraction of sp³-hybridized carbons (Fsp3) is 0.588. The van der Waals surface area contributed by atoms with Crippen LogP contribution in [-0.4, -0.2) is 33.2 Å². The Morgan fingerprint density at radius 3 is 2.46 bits per heavy atom. The summed E-state index contributed by atoms with van der Waals surface area (Å²) in [6.07, 6.45) is 6.94. The zero-order valence-electron chi connectivity index (χ0n) is 14.2. The summed E-state index contributed by atoms with van der Waals surface area (Å²) in [7, 11) is -3.35. The molecule has 1 amide bonds. The quantitative estimate of drug-likeness (QED) is 0.828. The third-order valence-electron chi connectivity index (χ3n) is 4.64. The smallest absolute Gasteiger partial charge is 0.251 e. The molecule has 0 saturated heterocycles. The Bertz CT molecular complexity index is 670. The van der Waals surface area contributed by atoms with E-state index in [4.69, 9.17) is 5.73 Å². The Morgan fingerprint density at radius 1 is 1.29 bits per heavy atom. The zero-order chi connectivity index (χ0) is 17.0. The molecule has 0 spiro atoms. The molecule has 7 heteroatoms. The number of carbonyl (C=O) groups excluding carboxylic acids is 1. The summed E-state index contributed by atoms with van der Waals surface area (Å²) in [6, 6.07) is 4.73. The number of nitrogens with two attached hydrogens (primary N) is 1. The highest BCUT2D eigenvalue weighted by atomic mass is 35.5. The number of rotatable bonds is 5. The Kier molecular flexibility index (Phi) is 7.70. The largest absolute Gasteiger partial charge is 0.348 e. The van der Waals surface area contributed by atoms with Crippen LogP contribution in [0.25, 0.3) is 0 Å². The Morgan fingerprint density at radius 2 is 1.92 bits per heavy atom. The molecule has 1 saturated carbocycles. The lowest BCUT2D eigenvalue weighted by Crippen LogP contribution is -2.45. The molecule has 24 heavy (non-hydrogen) atoms. The molecule has 1 aromatic rings. The van der Waals surface area contributed by atoms with Crippen molar-refractivity contribution in [2.24, 2.45) is 11.7 Å². The normalized spacial score (nSPS) is 17.0. The van der Waals surface area contributed by atoms with Crippen LogP contribution >= 0.6 is 12.4 Å². The van der Waals surface area contributed by atoms with Crippen LogP contribution in [0.2, 0.25) is 0 Å². The molecule has 0 aliphatic heterocycles. The molecule has 5 nitrogen and oxygen atoms in total. The SMILES string of the molecule is Cc1ccc(C(=O)NC(CN)C2CCCCC2)cc1S(C)(=O)=O.Cl. The van der Waals surface area contributed by atoms with Gasteiger partial charge in [-0.3, -0.25) is 4.79 Å². The molecule has 1 unspecified atom stereocenters. The first-order chi connectivity index (χ1) is 10.8. The van der Waals surface area contributed by atoms with Crippen molar-refractivity contribution in [2.75, 3.05) is 12.8 Å². The topological polar surface area (TPSA) is 89.3 Å². The van der Waals surface area contributed by atoms with Gasteiger partial charge in [0.05, 0.1) is 4.90 Å². The highest BCUT2D eigenvalue weighted by molar-refractivity contribution is 7.90. The van der Waals surface area contributed by atoms with E-state index in [1.165, 1.54) is 25.3 Å². The van der Waals surface area contributed by atoms with Gasteiger partial charge < -0.3 is 11.1 Å². The number of sulfone groups is 1. The van der Waals surface area contributed by atoms with Gasteiger partial charge in [0.1, 0.15) is 0 Å². The van der Waals surface area contributed by atoms with Crippen LogP contribution in [0.5, 0.6) is 0 Å². The summed E-state index contributed by atoms with van der Waals surface area (Å²) < 4.78 is 23.6. The number of amides is 1. The first-order valence-corrected chi connectivity index (χ1v) is 10.0. The summed E-state index contributed by atoms with van der Waals surface area (Å²) in [6.45, 7) is 2.13. The van der Waals surface area contributed by atoms with E-state index in [1.807, 2.05) is 0 Å². The Hall–Kier alpha value is -1.11. The summed E-state index contributed by atoms with van der Waals surface area (Å²) in [4.78, 5) is 12.7. The van der Waals surface area contributed by atoms with Crippen molar-refractivity contribution in [1.82, 2.24) is 5.32 Å². The lowest BCUT2D eigenvalue weighted by Gasteiger charge is -2.30. The maximum atomic E-state index is 12.5. The van der Waals surface area contributed by atoms with E-state index in [1.54, 1.807) is 19.1 Å². The molecule has 0 heterocycles. The van der Waals surface area contributed by atoms with Gasteiger partial charge in [0.2, 0.25) is 0 Å². The van der Waals surface area contributed by atoms with Crippen LogP contribution in [0.4, 0.5) is 0 Å². The second-order valence-electron chi connectivity index (χ2n) is 6.47. The number of carbonyl (C=O) groups is 1. The van der Waals surface area contributed by atoms with Gasteiger partial charge in [-0.05, 0) is 43.4 Å². The predicted molar refractivity (Wildman–Crippen MR) is 98.4 cm³/mol. The first kappa shape index (κ1) is 20.9. The minimum absolute atomic E-state index is 0. The minimum Gasteiger partial charge on any atom is -0.348 e. The predicted octanol–water partition coefficient (Wildman–Crippen LogP) is 2.46. The lowest BCUT2D eigenvalue weighted by atomic mass is 9.84. The van der Waals surface area contributed by atoms with Crippen molar-refractivity contribution >= 4 is 28.2 Å². The van der Waals surface area contributed by atoms with Crippen molar-refractivity contribution in [3.63, 3.8) is 0 Å². The fourth-order valence-corrected chi connectivity index (χ4v) is 4.29. The fourth-order valence-electron chi connectivity index (χ4n) is 3.30. The van der Waals surface area contributed by atoms with Crippen molar-refractivity contribution in [1.29, 1.82) is 0 Å². The number of benzene rings is 1. The van der Waals surface area contributed by atoms with Crippen molar-refractivity contribution in [3.8, 4) is 0 Å².